The Hall–Kier alpha value is -0.970. The smallest absolute Gasteiger partial charge is 0.410 e. The van der Waals surface area contributed by atoms with Gasteiger partial charge in [0.1, 0.15) is 5.60 Å². The zero-order chi connectivity index (χ0) is 13.2. The van der Waals surface area contributed by atoms with E-state index in [1.807, 2.05) is 27.7 Å². The maximum atomic E-state index is 11.9. The first kappa shape index (κ1) is 14.1. The Morgan fingerprint density at radius 2 is 1.88 bits per heavy atom. The van der Waals surface area contributed by atoms with Crippen molar-refractivity contribution in [3.8, 4) is 0 Å². The first-order valence-corrected chi connectivity index (χ1v) is 6.02. The van der Waals surface area contributed by atoms with Crippen molar-refractivity contribution in [2.75, 3.05) is 19.6 Å². The second-order valence-corrected chi connectivity index (χ2v) is 5.55. The highest BCUT2D eigenvalue weighted by atomic mass is 35.5. The van der Waals surface area contributed by atoms with Crippen molar-refractivity contribution in [1.82, 2.24) is 9.80 Å². The molecule has 2 amide bonds. The Morgan fingerprint density at radius 3 is 2.29 bits per heavy atom. The monoisotopic (exact) mass is 262 g/mol. The number of carbonyl (C=O) groups excluding carboxylic acids is 2. The third-order valence-corrected chi connectivity index (χ3v) is 2.74. The summed E-state index contributed by atoms with van der Waals surface area (Å²) in [7, 11) is 0. The fraction of sp³-hybridized carbons (Fsp3) is 0.818. The Morgan fingerprint density at radius 1 is 1.29 bits per heavy atom. The minimum atomic E-state index is -0.504. The number of halogens is 1. The molecule has 1 saturated heterocycles. The number of ether oxygens (including phenoxy) is 1. The summed E-state index contributed by atoms with van der Waals surface area (Å²) in [4.78, 5) is 26.0. The number of carbonyl (C=O) groups is 2. The number of hydrogen-bond donors (Lipinski definition) is 0. The fourth-order valence-electron chi connectivity index (χ4n) is 1.71. The molecular weight excluding hydrogens is 244 g/mol. The lowest BCUT2D eigenvalue weighted by Gasteiger charge is -2.39. The Labute approximate surface area is 107 Å². The van der Waals surface area contributed by atoms with Gasteiger partial charge in [-0.25, -0.2) is 4.79 Å². The highest BCUT2D eigenvalue weighted by Gasteiger charge is 2.31. The summed E-state index contributed by atoms with van der Waals surface area (Å²) < 4.78 is 5.29. The van der Waals surface area contributed by atoms with Gasteiger partial charge in [0.15, 0.2) is 0 Å². The molecule has 0 aliphatic carbocycles. The largest absolute Gasteiger partial charge is 0.444 e. The van der Waals surface area contributed by atoms with Crippen molar-refractivity contribution in [2.24, 2.45) is 0 Å². The van der Waals surface area contributed by atoms with E-state index in [1.165, 1.54) is 4.90 Å². The second kappa shape index (κ2) is 5.12. The van der Waals surface area contributed by atoms with E-state index in [9.17, 15) is 9.59 Å². The van der Waals surface area contributed by atoms with Crippen LogP contribution in [0.1, 0.15) is 27.7 Å². The quantitative estimate of drug-likeness (QED) is 0.497. The van der Waals surface area contributed by atoms with Crippen LogP contribution in [0.5, 0.6) is 0 Å². The molecule has 1 atom stereocenters. The number of rotatable bonds is 0. The van der Waals surface area contributed by atoms with Crippen LogP contribution in [0.4, 0.5) is 9.59 Å². The molecule has 1 heterocycles. The maximum absolute atomic E-state index is 11.9. The van der Waals surface area contributed by atoms with Gasteiger partial charge < -0.3 is 14.5 Å². The van der Waals surface area contributed by atoms with E-state index in [1.54, 1.807) is 4.90 Å². The van der Waals surface area contributed by atoms with E-state index in [4.69, 9.17) is 16.3 Å². The Balaban J connectivity index is 2.58. The average Bonchev–Trinajstić information content (AvgIpc) is 2.14. The van der Waals surface area contributed by atoms with Gasteiger partial charge >= 0.3 is 11.5 Å². The lowest BCUT2D eigenvalue weighted by molar-refractivity contribution is 0.00633. The van der Waals surface area contributed by atoms with Crippen molar-refractivity contribution >= 4 is 23.1 Å². The van der Waals surface area contributed by atoms with Crippen molar-refractivity contribution in [1.29, 1.82) is 0 Å². The molecule has 0 radical (unpaired) electrons. The lowest BCUT2D eigenvalue weighted by atomic mass is 10.2. The highest BCUT2D eigenvalue weighted by molar-refractivity contribution is 6.62. The summed E-state index contributed by atoms with van der Waals surface area (Å²) in [6.07, 6.45) is -0.341. The standard InChI is InChI=1S/C11H19ClN2O3/c1-8-7-13(9(12)15)5-6-14(8)10(16)17-11(2,3)4/h8H,5-7H2,1-4H3/t8-/m0/s1. The molecule has 5 nitrogen and oxygen atoms in total. The van der Waals surface area contributed by atoms with Gasteiger partial charge in [0.05, 0.1) is 0 Å². The predicted molar refractivity (Wildman–Crippen MR) is 65.2 cm³/mol. The molecule has 6 heteroatoms. The third-order valence-electron chi connectivity index (χ3n) is 2.50. The number of piperazine rings is 1. The first-order chi connectivity index (χ1) is 7.70. The van der Waals surface area contributed by atoms with Gasteiger partial charge in [-0.05, 0) is 39.3 Å². The molecule has 1 aliphatic heterocycles. The maximum Gasteiger partial charge on any atom is 0.410 e. The van der Waals surface area contributed by atoms with Gasteiger partial charge in [0, 0.05) is 25.7 Å². The molecule has 0 spiro atoms. The van der Waals surface area contributed by atoms with Crippen molar-refractivity contribution in [3.05, 3.63) is 0 Å². The van der Waals surface area contributed by atoms with E-state index in [0.29, 0.717) is 19.6 Å². The normalized spacial score (nSPS) is 21.4. The highest BCUT2D eigenvalue weighted by Crippen LogP contribution is 2.16. The van der Waals surface area contributed by atoms with Crippen LogP contribution >= 0.6 is 11.6 Å². The zero-order valence-electron chi connectivity index (χ0n) is 10.7. The molecule has 0 aromatic carbocycles. The SMILES string of the molecule is C[C@H]1CN(C(=O)Cl)CCN1C(=O)OC(C)(C)C. The van der Waals surface area contributed by atoms with Crippen molar-refractivity contribution in [3.63, 3.8) is 0 Å². The first-order valence-electron chi connectivity index (χ1n) is 5.65. The zero-order valence-corrected chi connectivity index (χ0v) is 11.5. The number of nitrogens with zero attached hydrogens (tertiary/aromatic N) is 2. The summed E-state index contributed by atoms with van der Waals surface area (Å²) in [5.74, 6) is 0. The van der Waals surface area contributed by atoms with Gasteiger partial charge in [0.25, 0.3) is 0 Å². The molecule has 1 fully saturated rings. The summed E-state index contributed by atoms with van der Waals surface area (Å²) in [5, 5.41) is -0.472. The molecule has 98 valence electrons. The molecule has 0 bridgehead atoms. The van der Waals surface area contributed by atoms with Crippen molar-refractivity contribution in [2.45, 2.75) is 39.3 Å². The molecule has 0 saturated carbocycles. The van der Waals surface area contributed by atoms with E-state index >= 15 is 0 Å². The summed E-state index contributed by atoms with van der Waals surface area (Å²) in [5.41, 5.74) is -0.504. The van der Waals surface area contributed by atoms with Crippen LogP contribution in [0.25, 0.3) is 0 Å². The molecule has 0 aromatic heterocycles. The molecule has 17 heavy (non-hydrogen) atoms. The molecule has 0 aromatic rings. The van der Waals surface area contributed by atoms with E-state index in [0.717, 1.165) is 0 Å². The third kappa shape index (κ3) is 4.07. The molecule has 0 unspecified atom stereocenters. The Bertz CT molecular complexity index is 314. The van der Waals surface area contributed by atoms with Crippen LogP contribution in [0.2, 0.25) is 0 Å². The molecular formula is C11H19ClN2O3. The fourth-order valence-corrected chi connectivity index (χ4v) is 1.86. The van der Waals surface area contributed by atoms with Gasteiger partial charge in [-0.1, -0.05) is 0 Å². The van der Waals surface area contributed by atoms with E-state index in [-0.39, 0.29) is 12.1 Å². The van der Waals surface area contributed by atoms with Gasteiger partial charge in [-0.2, -0.15) is 0 Å². The van der Waals surface area contributed by atoms with Gasteiger partial charge in [-0.15, -0.1) is 0 Å². The van der Waals surface area contributed by atoms with Crippen LogP contribution in [-0.2, 0) is 4.74 Å². The molecule has 0 N–H and O–H groups in total. The summed E-state index contributed by atoms with van der Waals surface area (Å²) in [6.45, 7) is 8.70. The van der Waals surface area contributed by atoms with Crippen LogP contribution in [0.3, 0.4) is 0 Å². The average molecular weight is 263 g/mol. The topological polar surface area (TPSA) is 49.9 Å². The van der Waals surface area contributed by atoms with Gasteiger partial charge in [-0.3, -0.25) is 4.79 Å². The predicted octanol–water partition coefficient (Wildman–Crippen LogP) is 2.29. The van der Waals surface area contributed by atoms with E-state index in [2.05, 4.69) is 0 Å². The Kier molecular flexibility index (Phi) is 4.25. The van der Waals surface area contributed by atoms with E-state index < -0.39 is 11.0 Å². The lowest BCUT2D eigenvalue weighted by Crippen LogP contribution is -2.55. The number of hydrogen-bond acceptors (Lipinski definition) is 3. The van der Waals surface area contributed by atoms with Crippen LogP contribution in [0, 0.1) is 0 Å². The second-order valence-electron chi connectivity index (χ2n) is 5.22. The van der Waals surface area contributed by atoms with Crippen LogP contribution < -0.4 is 0 Å². The minimum absolute atomic E-state index is 0.0821. The summed E-state index contributed by atoms with van der Waals surface area (Å²) >= 11 is 5.41. The van der Waals surface area contributed by atoms with Crippen LogP contribution in [0.15, 0.2) is 0 Å². The summed E-state index contributed by atoms with van der Waals surface area (Å²) in [6, 6.07) is -0.0821. The molecule has 1 rings (SSSR count). The van der Waals surface area contributed by atoms with Crippen molar-refractivity contribution < 1.29 is 14.3 Å². The molecule has 1 aliphatic rings. The number of amides is 2. The minimum Gasteiger partial charge on any atom is -0.444 e. The van der Waals surface area contributed by atoms with Crippen LogP contribution in [-0.4, -0.2) is 52.5 Å². The van der Waals surface area contributed by atoms with Gasteiger partial charge in [0.2, 0.25) is 0 Å².